The van der Waals surface area contributed by atoms with E-state index in [1.54, 1.807) is 12.1 Å². The van der Waals surface area contributed by atoms with Gasteiger partial charge in [-0.15, -0.1) is 0 Å². The standard InChI is InChI=1S/C29H30FN3O7/c1-32(2)14-7-5-12(6-8-14)15-11-18(30)23(34)20-16(15)9-13-10-17-22(33(3)4)25(36)21(28(31)39)27(38)29(17,40)26(37)19(13)24(20)35/h5-8,11,13,17,19,21-22,34,40H,9-10H2,1-4H3,(H2,31,39). The first-order chi connectivity index (χ1) is 18.7. The molecule has 210 valence electrons. The minimum Gasteiger partial charge on any atom is -0.504 e. The Labute approximate surface area is 229 Å². The number of phenols is 1. The number of aliphatic hydroxyl groups is 1. The van der Waals surface area contributed by atoms with E-state index in [4.69, 9.17) is 5.73 Å². The van der Waals surface area contributed by atoms with Gasteiger partial charge in [-0.3, -0.25) is 28.9 Å². The Hall–Kier alpha value is -3.96. The highest BCUT2D eigenvalue weighted by Gasteiger charge is 2.69. The summed E-state index contributed by atoms with van der Waals surface area (Å²) >= 11 is 0. The van der Waals surface area contributed by atoms with Gasteiger partial charge in [0.15, 0.2) is 46.2 Å². The van der Waals surface area contributed by atoms with Crippen molar-refractivity contribution in [1.82, 2.24) is 4.90 Å². The molecule has 5 rings (SSSR count). The molecule has 0 radical (unpaired) electrons. The zero-order valence-electron chi connectivity index (χ0n) is 22.5. The van der Waals surface area contributed by atoms with E-state index in [2.05, 4.69) is 0 Å². The van der Waals surface area contributed by atoms with Crippen LogP contribution in [0.25, 0.3) is 11.1 Å². The third-order valence-electron chi connectivity index (χ3n) is 8.71. The highest BCUT2D eigenvalue weighted by atomic mass is 19.1. The minimum atomic E-state index is -2.83. The average molecular weight is 552 g/mol. The molecule has 3 aliphatic rings. The maximum absolute atomic E-state index is 15.0. The molecule has 2 aromatic carbocycles. The molecular formula is C29H30FN3O7. The Kier molecular flexibility index (Phi) is 6.42. The normalized spacial score (nSPS) is 29.6. The molecule has 0 aliphatic heterocycles. The van der Waals surface area contributed by atoms with Gasteiger partial charge in [0.05, 0.1) is 17.5 Å². The minimum absolute atomic E-state index is 0.0461. The average Bonchev–Trinajstić information content (AvgIpc) is 2.88. The summed E-state index contributed by atoms with van der Waals surface area (Å²) in [6.07, 6.45) is -0.0362. The van der Waals surface area contributed by atoms with Crippen molar-refractivity contribution in [3.63, 3.8) is 0 Å². The number of fused-ring (bicyclic) bond motifs is 3. The molecule has 3 aliphatic carbocycles. The molecule has 2 aromatic rings. The van der Waals surface area contributed by atoms with E-state index >= 15 is 0 Å². The van der Waals surface area contributed by atoms with E-state index in [0.29, 0.717) is 16.7 Å². The highest BCUT2D eigenvalue weighted by molar-refractivity contribution is 6.32. The van der Waals surface area contributed by atoms with Crippen molar-refractivity contribution in [2.24, 2.45) is 29.4 Å². The lowest BCUT2D eigenvalue weighted by Gasteiger charge is -2.52. The van der Waals surface area contributed by atoms with Gasteiger partial charge in [-0.1, -0.05) is 12.1 Å². The largest absolute Gasteiger partial charge is 0.504 e. The Morgan fingerprint density at radius 2 is 1.68 bits per heavy atom. The van der Waals surface area contributed by atoms with Crippen LogP contribution in [0, 0.1) is 29.5 Å². The fraction of sp³-hybridized carbons (Fsp3) is 0.414. The number of aromatic hydroxyl groups is 1. The van der Waals surface area contributed by atoms with Gasteiger partial charge in [0, 0.05) is 25.7 Å². The zero-order valence-corrected chi connectivity index (χ0v) is 22.5. The van der Waals surface area contributed by atoms with Gasteiger partial charge in [-0.05, 0) is 67.7 Å². The second kappa shape index (κ2) is 9.31. The fourth-order valence-electron chi connectivity index (χ4n) is 6.84. The van der Waals surface area contributed by atoms with Crippen LogP contribution in [0.15, 0.2) is 30.3 Å². The molecule has 2 fully saturated rings. The maximum Gasteiger partial charge on any atom is 0.235 e. The summed E-state index contributed by atoms with van der Waals surface area (Å²) < 4.78 is 15.0. The fourth-order valence-corrected chi connectivity index (χ4v) is 6.84. The van der Waals surface area contributed by atoms with E-state index in [9.17, 15) is 38.6 Å². The number of primary amides is 1. The maximum atomic E-state index is 15.0. The number of benzene rings is 2. The summed E-state index contributed by atoms with van der Waals surface area (Å²) in [5.41, 5.74) is 4.30. The number of likely N-dealkylation sites (N-methyl/N-ethyl adjacent to an activating group) is 1. The lowest BCUT2D eigenvalue weighted by Crippen LogP contribution is -2.74. The van der Waals surface area contributed by atoms with Crippen LogP contribution < -0.4 is 10.6 Å². The molecule has 0 saturated heterocycles. The number of ketones is 4. The second-order valence-corrected chi connectivity index (χ2v) is 11.3. The molecule has 40 heavy (non-hydrogen) atoms. The number of hydrogen-bond donors (Lipinski definition) is 3. The summed E-state index contributed by atoms with van der Waals surface area (Å²) in [5.74, 6) is -13.1. The number of rotatable bonds is 4. The number of nitrogens with two attached hydrogens (primary N) is 1. The lowest BCUT2D eigenvalue weighted by molar-refractivity contribution is -0.181. The Bertz CT molecular complexity index is 1490. The number of phenolic OH excluding ortho intramolecular Hbond substituents is 1. The molecule has 1 amide bonds. The first kappa shape index (κ1) is 27.6. The predicted molar refractivity (Wildman–Crippen MR) is 141 cm³/mol. The third kappa shape index (κ3) is 3.71. The first-order valence-electron chi connectivity index (χ1n) is 12.9. The molecule has 2 saturated carbocycles. The van der Waals surface area contributed by atoms with Crippen LogP contribution in [-0.4, -0.2) is 84.0 Å². The summed E-state index contributed by atoms with van der Waals surface area (Å²) in [6, 6.07) is 7.10. The van der Waals surface area contributed by atoms with Crippen LogP contribution in [-0.2, 0) is 25.6 Å². The van der Waals surface area contributed by atoms with Crippen LogP contribution in [0.1, 0.15) is 22.3 Å². The lowest BCUT2D eigenvalue weighted by atomic mass is 9.52. The number of amides is 1. The molecule has 10 nitrogen and oxygen atoms in total. The number of halogens is 1. The zero-order chi connectivity index (χ0) is 29.4. The van der Waals surface area contributed by atoms with Gasteiger partial charge < -0.3 is 20.8 Å². The molecule has 0 aromatic heterocycles. The van der Waals surface area contributed by atoms with Crippen LogP contribution in [0.2, 0.25) is 0 Å². The highest BCUT2D eigenvalue weighted by Crippen LogP contribution is 2.52. The summed E-state index contributed by atoms with van der Waals surface area (Å²) in [6.45, 7) is 0. The smallest absolute Gasteiger partial charge is 0.235 e. The number of nitrogens with zero attached hydrogens (tertiary/aromatic N) is 2. The number of hydrogen-bond acceptors (Lipinski definition) is 9. The molecule has 6 atom stereocenters. The van der Waals surface area contributed by atoms with E-state index in [1.807, 2.05) is 31.1 Å². The van der Waals surface area contributed by atoms with Crippen molar-refractivity contribution in [2.45, 2.75) is 24.5 Å². The van der Waals surface area contributed by atoms with Gasteiger partial charge >= 0.3 is 0 Å². The SMILES string of the molecule is CN(C)c1ccc(-c2cc(F)c(O)c3c2CC2CC4C(N(C)C)C(=O)C(C(N)=O)C(=O)C4(O)C(=O)C2C3=O)cc1. The Balaban J connectivity index is 1.66. The van der Waals surface area contributed by atoms with Crippen LogP contribution >= 0.6 is 0 Å². The number of anilines is 1. The third-order valence-corrected chi connectivity index (χ3v) is 8.71. The molecule has 4 N–H and O–H groups in total. The number of Topliss-reactive ketones (excluding diaryl/α,β-unsaturated/α-hetero) is 4. The molecule has 6 unspecified atom stereocenters. The summed E-state index contributed by atoms with van der Waals surface area (Å²) in [4.78, 5) is 69.7. The second-order valence-electron chi connectivity index (χ2n) is 11.3. The van der Waals surface area contributed by atoms with Crippen molar-refractivity contribution in [3.8, 4) is 16.9 Å². The van der Waals surface area contributed by atoms with Gasteiger partial charge in [0.25, 0.3) is 0 Å². The van der Waals surface area contributed by atoms with Crippen LogP contribution in [0.4, 0.5) is 10.1 Å². The van der Waals surface area contributed by atoms with Gasteiger partial charge in [0.1, 0.15) is 0 Å². The van der Waals surface area contributed by atoms with Crippen LogP contribution in [0.3, 0.4) is 0 Å². The quantitative estimate of drug-likeness (QED) is 0.466. The van der Waals surface area contributed by atoms with Crippen molar-refractivity contribution in [3.05, 3.63) is 47.3 Å². The van der Waals surface area contributed by atoms with Crippen molar-refractivity contribution >= 4 is 34.7 Å². The predicted octanol–water partition coefficient (Wildman–Crippen LogP) is 0.739. The van der Waals surface area contributed by atoms with E-state index in [1.165, 1.54) is 19.0 Å². The Morgan fingerprint density at radius 3 is 2.23 bits per heavy atom. The topological polar surface area (TPSA) is 158 Å². The molecule has 11 heteroatoms. The number of carbonyl (C=O) groups is 5. The van der Waals surface area contributed by atoms with Crippen molar-refractivity contribution in [2.75, 3.05) is 33.1 Å². The van der Waals surface area contributed by atoms with E-state index in [-0.39, 0.29) is 18.4 Å². The first-order valence-corrected chi connectivity index (χ1v) is 12.9. The summed E-state index contributed by atoms with van der Waals surface area (Å²) in [7, 11) is 6.77. The van der Waals surface area contributed by atoms with Crippen molar-refractivity contribution < 1.29 is 38.6 Å². The molecule has 0 spiro atoms. The van der Waals surface area contributed by atoms with E-state index in [0.717, 1.165) is 11.8 Å². The van der Waals surface area contributed by atoms with Gasteiger partial charge in [-0.2, -0.15) is 0 Å². The molecule has 0 bridgehead atoms. The van der Waals surface area contributed by atoms with Gasteiger partial charge in [0.2, 0.25) is 5.91 Å². The number of carbonyl (C=O) groups excluding carboxylic acids is 5. The monoisotopic (exact) mass is 551 g/mol. The Morgan fingerprint density at radius 1 is 1.05 bits per heavy atom. The van der Waals surface area contributed by atoms with Gasteiger partial charge in [-0.25, -0.2) is 4.39 Å². The van der Waals surface area contributed by atoms with E-state index < -0.39 is 75.9 Å². The molecular weight excluding hydrogens is 521 g/mol. The van der Waals surface area contributed by atoms with Crippen LogP contribution in [0.5, 0.6) is 5.75 Å². The summed E-state index contributed by atoms with van der Waals surface area (Å²) in [5, 5.41) is 22.3. The van der Waals surface area contributed by atoms with Crippen molar-refractivity contribution in [1.29, 1.82) is 0 Å². The molecule has 0 heterocycles.